The molecule has 0 fully saturated rings. The van der Waals surface area contributed by atoms with Gasteiger partial charge in [-0.15, -0.1) is 0 Å². The van der Waals surface area contributed by atoms with E-state index in [-0.39, 0.29) is 0 Å². The Balaban J connectivity index is 1.11. The third-order valence-corrected chi connectivity index (χ3v) is 10.1. The van der Waals surface area contributed by atoms with Gasteiger partial charge in [-0.1, -0.05) is 121 Å². The van der Waals surface area contributed by atoms with E-state index in [1.807, 2.05) is 36.0 Å². The van der Waals surface area contributed by atoms with Crippen molar-refractivity contribution in [2.45, 2.75) is 9.79 Å². The van der Waals surface area contributed by atoms with Crippen LogP contribution in [0.25, 0.3) is 76.8 Å². The van der Waals surface area contributed by atoms with E-state index in [4.69, 9.17) is 6.57 Å². The van der Waals surface area contributed by atoms with Crippen LogP contribution < -0.4 is 0 Å². The monoisotopic (exact) mass is 602 g/mol. The first-order chi connectivity index (χ1) is 22.7. The molecule has 0 radical (unpaired) electrons. The Bertz CT molecular complexity index is 2520. The maximum Gasteiger partial charge on any atom is 0.195 e. The summed E-state index contributed by atoms with van der Waals surface area (Å²) in [5, 5.41) is 2.55. The van der Waals surface area contributed by atoms with Crippen molar-refractivity contribution < 1.29 is 0 Å². The van der Waals surface area contributed by atoms with Crippen molar-refractivity contribution in [3.8, 4) is 50.2 Å². The summed E-state index contributed by atoms with van der Waals surface area (Å²) >= 11 is 1.85. The second kappa shape index (κ2) is 10.7. The fourth-order valence-corrected chi connectivity index (χ4v) is 7.91. The van der Waals surface area contributed by atoms with Crippen molar-refractivity contribution in [3.63, 3.8) is 0 Å². The molecule has 8 aromatic rings. The van der Waals surface area contributed by atoms with E-state index in [1.165, 1.54) is 48.4 Å². The Morgan fingerprint density at radius 2 is 1.07 bits per heavy atom. The first-order valence-electron chi connectivity index (χ1n) is 15.4. The Morgan fingerprint density at radius 3 is 1.87 bits per heavy atom. The van der Waals surface area contributed by atoms with Crippen molar-refractivity contribution in [3.05, 3.63) is 169 Å². The molecule has 0 saturated carbocycles. The Labute approximate surface area is 272 Å². The van der Waals surface area contributed by atoms with Crippen LogP contribution in [0.5, 0.6) is 0 Å². The SMILES string of the molecule is [C-]#[N+]c1cc(-c2ccccc2)ccc1-c1cccc(-c2cccc(-c3ccc4c(c3)c3cccc5c3n4-c3ccccc3S5)c2)c1. The van der Waals surface area contributed by atoms with E-state index < -0.39 is 0 Å². The van der Waals surface area contributed by atoms with Crippen molar-refractivity contribution >= 4 is 39.3 Å². The summed E-state index contributed by atoms with van der Waals surface area (Å²) < 4.78 is 2.43. The van der Waals surface area contributed by atoms with Crippen LogP contribution in [-0.2, 0) is 0 Å². The van der Waals surface area contributed by atoms with Gasteiger partial charge >= 0.3 is 0 Å². The zero-order chi connectivity index (χ0) is 30.6. The van der Waals surface area contributed by atoms with Gasteiger partial charge in [-0.25, -0.2) is 4.85 Å². The molecule has 0 bridgehead atoms. The highest BCUT2D eigenvalue weighted by molar-refractivity contribution is 7.99. The molecule has 0 amide bonds. The average Bonchev–Trinajstić information content (AvgIpc) is 3.47. The third-order valence-electron chi connectivity index (χ3n) is 9.00. The lowest BCUT2D eigenvalue weighted by Gasteiger charge is -2.19. The molecule has 0 N–H and O–H groups in total. The van der Waals surface area contributed by atoms with E-state index in [0.717, 1.165) is 33.4 Å². The topological polar surface area (TPSA) is 9.29 Å². The number of para-hydroxylation sites is 2. The van der Waals surface area contributed by atoms with Crippen molar-refractivity contribution in [1.29, 1.82) is 0 Å². The summed E-state index contributed by atoms with van der Waals surface area (Å²) in [6.07, 6.45) is 0. The van der Waals surface area contributed by atoms with Gasteiger partial charge in [0.25, 0.3) is 0 Å². The van der Waals surface area contributed by atoms with Crippen LogP contribution in [0.15, 0.2) is 168 Å². The quantitative estimate of drug-likeness (QED) is 0.182. The van der Waals surface area contributed by atoms with Gasteiger partial charge in [-0.3, -0.25) is 0 Å². The highest BCUT2D eigenvalue weighted by atomic mass is 32.2. The fourth-order valence-electron chi connectivity index (χ4n) is 6.82. The highest BCUT2D eigenvalue weighted by Crippen LogP contribution is 2.47. The summed E-state index contributed by atoms with van der Waals surface area (Å²) in [6.45, 7) is 7.93. The van der Waals surface area contributed by atoms with Gasteiger partial charge in [-0.2, -0.15) is 0 Å². The van der Waals surface area contributed by atoms with Gasteiger partial charge in [0.1, 0.15) is 0 Å². The van der Waals surface area contributed by atoms with Crippen molar-refractivity contribution in [1.82, 2.24) is 4.57 Å². The van der Waals surface area contributed by atoms with Gasteiger partial charge in [0, 0.05) is 20.6 Å². The Morgan fingerprint density at radius 1 is 0.457 bits per heavy atom. The van der Waals surface area contributed by atoms with Crippen molar-refractivity contribution in [2.24, 2.45) is 0 Å². The first kappa shape index (κ1) is 26.6. The van der Waals surface area contributed by atoms with Crippen LogP contribution >= 0.6 is 11.8 Å². The lowest BCUT2D eigenvalue weighted by atomic mass is 9.94. The minimum absolute atomic E-state index is 0.660. The molecular formula is C43H26N2S. The fraction of sp³-hybridized carbons (Fsp3) is 0. The molecule has 1 aromatic heterocycles. The Kier molecular flexibility index (Phi) is 6.16. The van der Waals surface area contributed by atoms with E-state index >= 15 is 0 Å². The molecule has 0 unspecified atom stereocenters. The summed E-state index contributed by atoms with van der Waals surface area (Å²) in [4.78, 5) is 6.50. The molecule has 214 valence electrons. The minimum atomic E-state index is 0.660. The Hall–Kier alpha value is -5.82. The molecule has 0 aliphatic carbocycles. The number of aromatic nitrogens is 1. The zero-order valence-corrected chi connectivity index (χ0v) is 25.6. The standard InChI is InChI=1S/C43H26N2S/c1-44-38-27-33(28-10-3-2-4-11-28)20-22-35(38)34-15-8-14-31(25-34)29-12-7-13-30(24-29)32-21-23-39-37(26-32)36-16-9-19-42-43(36)45(39)40-17-5-6-18-41(40)46-42/h2-27H. The maximum absolute atomic E-state index is 7.93. The van der Waals surface area contributed by atoms with Crippen LogP contribution in [0, 0.1) is 6.57 Å². The highest BCUT2D eigenvalue weighted by Gasteiger charge is 2.22. The number of hydrogen-bond donors (Lipinski definition) is 0. The second-order valence-corrected chi connectivity index (χ2v) is 12.7. The van der Waals surface area contributed by atoms with Crippen LogP contribution in [0.1, 0.15) is 0 Å². The third kappa shape index (κ3) is 4.27. The molecular weight excluding hydrogens is 577 g/mol. The lowest BCUT2D eigenvalue weighted by molar-refractivity contribution is 1.09. The molecule has 7 aromatic carbocycles. The maximum atomic E-state index is 7.93. The van der Waals surface area contributed by atoms with Gasteiger partial charge < -0.3 is 4.57 Å². The molecule has 1 aliphatic rings. The molecule has 0 atom stereocenters. The predicted molar refractivity (Wildman–Crippen MR) is 193 cm³/mol. The zero-order valence-electron chi connectivity index (χ0n) is 24.8. The summed E-state index contributed by atoms with van der Waals surface area (Å²) in [5.74, 6) is 0. The molecule has 1 aliphatic heterocycles. The molecule has 9 rings (SSSR count). The smallest absolute Gasteiger partial charge is 0.195 e. The minimum Gasteiger partial charge on any atom is -0.307 e. The van der Waals surface area contributed by atoms with Crippen LogP contribution in [0.2, 0.25) is 0 Å². The number of benzene rings is 7. The van der Waals surface area contributed by atoms with Crippen molar-refractivity contribution in [2.75, 3.05) is 0 Å². The van der Waals surface area contributed by atoms with Gasteiger partial charge in [0.05, 0.1) is 23.3 Å². The molecule has 2 nitrogen and oxygen atoms in total. The van der Waals surface area contributed by atoms with E-state index in [0.29, 0.717) is 5.69 Å². The van der Waals surface area contributed by atoms with Gasteiger partial charge in [0.2, 0.25) is 0 Å². The molecule has 0 spiro atoms. The lowest BCUT2D eigenvalue weighted by Crippen LogP contribution is -2.00. The van der Waals surface area contributed by atoms with Crippen LogP contribution in [0.3, 0.4) is 0 Å². The first-order valence-corrected chi connectivity index (χ1v) is 16.2. The van der Waals surface area contributed by atoms with Crippen LogP contribution in [-0.4, -0.2) is 4.57 Å². The molecule has 2 heterocycles. The average molecular weight is 603 g/mol. The summed E-state index contributed by atoms with van der Waals surface area (Å²) in [6, 6.07) is 56.0. The van der Waals surface area contributed by atoms with Crippen LogP contribution in [0.4, 0.5) is 5.69 Å². The largest absolute Gasteiger partial charge is 0.307 e. The second-order valence-electron chi connectivity index (χ2n) is 11.7. The number of hydrogen-bond acceptors (Lipinski definition) is 1. The van der Waals surface area contributed by atoms with E-state index in [2.05, 4.69) is 143 Å². The number of fused-ring (bicyclic) bond motifs is 5. The van der Waals surface area contributed by atoms with Gasteiger partial charge in [-0.05, 0) is 93.0 Å². The number of rotatable bonds is 4. The molecule has 3 heteroatoms. The molecule has 46 heavy (non-hydrogen) atoms. The van der Waals surface area contributed by atoms with E-state index in [1.54, 1.807) is 0 Å². The van der Waals surface area contributed by atoms with E-state index in [9.17, 15) is 0 Å². The molecule has 0 saturated heterocycles. The summed E-state index contributed by atoms with van der Waals surface area (Å²) in [5.41, 5.74) is 13.3. The summed E-state index contributed by atoms with van der Waals surface area (Å²) in [7, 11) is 0. The number of nitrogens with zero attached hydrogens (tertiary/aromatic N) is 2. The van der Waals surface area contributed by atoms with Gasteiger partial charge in [0.15, 0.2) is 5.69 Å². The predicted octanol–water partition coefficient (Wildman–Crippen LogP) is 12.5. The normalized spacial score (nSPS) is 11.8.